The van der Waals surface area contributed by atoms with Gasteiger partial charge in [-0.1, -0.05) is 0 Å². The van der Waals surface area contributed by atoms with Crippen LogP contribution in [0.5, 0.6) is 0 Å². The summed E-state index contributed by atoms with van der Waals surface area (Å²) >= 11 is 7.65. The van der Waals surface area contributed by atoms with Crippen LogP contribution >= 0.6 is 25.3 Å². The summed E-state index contributed by atoms with van der Waals surface area (Å²) in [6.45, 7) is 1.40. The van der Waals surface area contributed by atoms with Crippen molar-refractivity contribution in [2.24, 2.45) is 5.73 Å². The number of hydrogen-bond donors (Lipinski definition) is 11. The molecule has 4 amide bonds. The van der Waals surface area contributed by atoms with Gasteiger partial charge in [0, 0.05) is 11.5 Å². The zero-order valence-electron chi connectivity index (χ0n) is 18.0. The first-order chi connectivity index (χ1) is 15.3. The van der Waals surface area contributed by atoms with Gasteiger partial charge in [-0.05, 0) is 13.8 Å². The second-order valence-electron chi connectivity index (χ2n) is 7.07. The van der Waals surface area contributed by atoms with Crippen molar-refractivity contribution in [1.82, 2.24) is 21.3 Å². The van der Waals surface area contributed by atoms with Crippen LogP contribution in [-0.2, 0) is 24.0 Å². The Kier molecular flexibility index (Phi) is 14.0. The average Bonchev–Trinajstić information content (AvgIpc) is 2.75. The second kappa shape index (κ2) is 14.9. The number of aliphatic hydroxyl groups excluding tert-OH is 3. The minimum absolute atomic E-state index is 0.0413. The Labute approximate surface area is 200 Å². The van der Waals surface area contributed by atoms with Gasteiger partial charge in [0.25, 0.3) is 0 Å². The lowest BCUT2D eigenvalue weighted by Gasteiger charge is -2.27. The lowest BCUT2D eigenvalue weighted by molar-refractivity contribution is -0.142. The highest BCUT2D eigenvalue weighted by molar-refractivity contribution is 7.80. The van der Waals surface area contributed by atoms with Gasteiger partial charge in [-0.25, -0.2) is 4.79 Å². The van der Waals surface area contributed by atoms with Gasteiger partial charge in [-0.2, -0.15) is 25.3 Å². The molecule has 0 radical (unpaired) electrons. The summed E-state index contributed by atoms with van der Waals surface area (Å²) in [5, 5.41) is 46.7. The van der Waals surface area contributed by atoms with Gasteiger partial charge in [-0.15, -0.1) is 0 Å². The van der Waals surface area contributed by atoms with Crippen LogP contribution < -0.4 is 27.0 Å². The van der Waals surface area contributed by atoms with Gasteiger partial charge >= 0.3 is 5.97 Å². The summed E-state index contributed by atoms with van der Waals surface area (Å²) in [6, 6.07) is -7.29. The van der Waals surface area contributed by atoms with Gasteiger partial charge in [0.15, 0.2) is 0 Å². The normalized spacial score (nSPS) is 17.3. The van der Waals surface area contributed by atoms with E-state index in [4.69, 9.17) is 10.8 Å². The molecule has 0 aliphatic heterocycles. The summed E-state index contributed by atoms with van der Waals surface area (Å²) in [5.74, 6) is -5.68. The highest BCUT2D eigenvalue weighted by Crippen LogP contribution is 2.00. The molecule has 10 N–H and O–H groups in total. The Balaban J connectivity index is 5.36. The maximum Gasteiger partial charge on any atom is 0.327 e. The summed E-state index contributed by atoms with van der Waals surface area (Å²) in [7, 11) is 0. The standard InChI is InChI=1S/C17H31N5O9S2/c1-6(24)11(21-13(26)8(18)4-32)15(28)19-9(3-23)14(27)22-12(7(2)25)16(29)20-10(5-33)17(30)31/h6-12,23-25,32-33H,3-5,18H2,1-2H3,(H,19,28)(H,20,29)(H,21,26)(H,22,27)(H,30,31)/t6-,7-,8+,9+,10+,11+,12+/m1/s1. The number of carbonyl (C=O) groups is 5. The zero-order valence-corrected chi connectivity index (χ0v) is 19.8. The first-order valence-electron chi connectivity index (χ1n) is 9.69. The van der Waals surface area contributed by atoms with Crippen LogP contribution in [0.4, 0.5) is 0 Å². The number of carbonyl (C=O) groups excluding carboxylic acids is 4. The van der Waals surface area contributed by atoms with E-state index in [9.17, 15) is 39.3 Å². The Bertz CT molecular complexity index is 710. The second-order valence-corrected chi connectivity index (χ2v) is 7.80. The Morgan fingerprint density at radius 2 is 1.18 bits per heavy atom. The fraction of sp³-hybridized carbons (Fsp3) is 0.706. The van der Waals surface area contributed by atoms with Crippen molar-refractivity contribution >= 4 is 54.9 Å². The summed E-state index contributed by atoms with van der Waals surface area (Å²) in [5.41, 5.74) is 5.51. The van der Waals surface area contributed by atoms with Crippen molar-refractivity contribution in [2.75, 3.05) is 18.1 Å². The fourth-order valence-corrected chi connectivity index (χ4v) is 2.72. The molecule has 14 nitrogen and oxygen atoms in total. The lowest BCUT2D eigenvalue weighted by atomic mass is 10.1. The molecule has 0 aromatic rings. The van der Waals surface area contributed by atoms with Crippen molar-refractivity contribution in [1.29, 1.82) is 0 Å². The SMILES string of the molecule is C[C@@H](O)[C@H](NC(=O)[C@H](CO)NC(=O)[C@@H](NC(=O)[C@@H](N)CS)[C@@H](C)O)C(=O)N[C@@H](CS)C(=O)O. The molecule has 0 aliphatic rings. The van der Waals surface area contributed by atoms with Gasteiger partial charge in [0.2, 0.25) is 23.6 Å². The number of nitrogens with one attached hydrogen (secondary N) is 4. The van der Waals surface area contributed by atoms with Crippen LogP contribution in [0.1, 0.15) is 13.8 Å². The quantitative estimate of drug-likeness (QED) is 0.0988. The number of hydrogen-bond acceptors (Lipinski definition) is 11. The van der Waals surface area contributed by atoms with Crippen molar-refractivity contribution in [2.45, 2.75) is 56.3 Å². The molecule has 0 saturated heterocycles. The number of aliphatic carboxylic acids is 1. The summed E-state index contributed by atoms with van der Waals surface area (Å²) in [4.78, 5) is 60.3. The first-order valence-corrected chi connectivity index (χ1v) is 11.0. The number of thiol groups is 2. The van der Waals surface area contributed by atoms with Gasteiger partial charge in [0.05, 0.1) is 24.9 Å². The molecular formula is C17H31N5O9S2. The number of rotatable bonds is 14. The monoisotopic (exact) mass is 513 g/mol. The van der Waals surface area contributed by atoms with Gasteiger partial charge in [0.1, 0.15) is 24.2 Å². The summed E-state index contributed by atoms with van der Waals surface area (Å²) in [6.07, 6.45) is -2.89. The predicted molar refractivity (Wildman–Crippen MR) is 121 cm³/mol. The van der Waals surface area contributed by atoms with E-state index in [1.807, 2.05) is 0 Å². The van der Waals surface area contributed by atoms with Crippen molar-refractivity contribution in [3.63, 3.8) is 0 Å². The van der Waals surface area contributed by atoms with E-state index in [-0.39, 0.29) is 11.5 Å². The highest BCUT2D eigenvalue weighted by Gasteiger charge is 2.34. The number of carboxylic acid groups (broad SMARTS) is 1. The fourth-order valence-electron chi connectivity index (χ4n) is 2.31. The molecule has 16 heteroatoms. The average molecular weight is 514 g/mol. The van der Waals surface area contributed by atoms with E-state index < -0.39 is 78.6 Å². The van der Waals surface area contributed by atoms with Crippen LogP contribution in [-0.4, -0.2) is 111 Å². The first kappa shape index (κ1) is 30.9. The molecule has 0 heterocycles. The molecule has 0 rings (SSSR count). The maximum absolute atomic E-state index is 12.5. The van der Waals surface area contributed by atoms with Crippen LogP contribution in [0.15, 0.2) is 0 Å². The zero-order chi connectivity index (χ0) is 25.9. The van der Waals surface area contributed by atoms with E-state index in [1.165, 1.54) is 6.92 Å². The van der Waals surface area contributed by atoms with Crippen LogP contribution in [0.2, 0.25) is 0 Å². The molecular weight excluding hydrogens is 482 g/mol. The molecule has 0 fully saturated rings. The molecule has 190 valence electrons. The van der Waals surface area contributed by atoms with Crippen molar-refractivity contribution in [3.8, 4) is 0 Å². The molecule has 0 bridgehead atoms. The van der Waals surface area contributed by atoms with E-state index in [2.05, 4.69) is 46.5 Å². The van der Waals surface area contributed by atoms with Gasteiger partial charge in [-0.3, -0.25) is 19.2 Å². The molecule has 7 atom stereocenters. The van der Waals surface area contributed by atoms with Crippen molar-refractivity contribution in [3.05, 3.63) is 0 Å². The number of nitrogens with two attached hydrogens (primary N) is 1. The number of amides is 4. The molecule has 0 unspecified atom stereocenters. The Morgan fingerprint density at radius 1 is 0.758 bits per heavy atom. The van der Waals surface area contributed by atoms with Crippen LogP contribution in [0, 0.1) is 0 Å². The van der Waals surface area contributed by atoms with E-state index in [0.717, 1.165) is 6.92 Å². The topological polar surface area (TPSA) is 240 Å². The van der Waals surface area contributed by atoms with Gasteiger partial charge < -0.3 is 47.4 Å². The molecule has 33 heavy (non-hydrogen) atoms. The highest BCUT2D eigenvalue weighted by atomic mass is 32.1. The third-order valence-electron chi connectivity index (χ3n) is 4.27. The van der Waals surface area contributed by atoms with E-state index in [0.29, 0.717) is 0 Å². The minimum Gasteiger partial charge on any atom is -0.480 e. The largest absolute Gasteiger partial charge is 0.480 e. The Morgan fingerprint density at radius 3 is 1.52 bits per heavy atom. The molecule has 0 aliphatic carbocycles. The third-order valence-corrected chi connectivity index (χ3v) is 5.03. The predicted octanol–water partition coefficient (Wildman–Crippen LogP) is -5.05. The van der Waals surface area contributed by atoms with E-state index >= 15 is 0 Å². The van der Waals surface area contributed by atoms with Crippen LogP contribution in [0.25, 0.3) is 0 Å². The van der Waals surface area contributed by atoms with E-state index in [1.54, 1.807) is 0 Å². The summed E-state index contributed by atoms with van der Waals surface area (Å²) < 4.78 is 0. The number of carboxylic acids is 1. The molecule has 0 aromatic heterocycles. The molecule has 0 spiro atoms. The third kappa shape index (κ3) is 10.1. The smallest absolute Gasteiger partial charge is 0.327 e. The minimum atomic E-state index is -1.65. The Hall–Kier alpha value is -2.11. The lowest BCUT2D eigenvalue weighted by Crippen LogP contribution is -2.62. The molecule has 0 saturated carbocycles. The molecule has 0 aromatic carbocycles. The van der Waals surface area contributed by atoms with Crippen LogP contribution in [0.3, 0.4) is 0 Å². The van der Waals surface area contributed by atoms with Crippen molar-refractivity contribution < 1.29 is 44.4 Å². The number of aliphatic hydroxyl groups is 3. The maximum atomic E-state index is 12.5.